The minimum absolute atomic E-state index is 0. The van der Waals surface area contributed by atoms with Gasteiger partial charge in [-0.3, -0.25) is 0 Å². The van der Waals surface area contributed by atoms with Crippen molar-refractivity contribution in [1.82, 2.24) is 0 Å². The molecule has 6 rings (SSSR count). The molecule has 35 heavy (non-hydrogen) atoms. The van der Waals surface area contributed by atoms with Crippen LogP contribution in [0, 0.1) is 22.7 Å². The summed E-state index contributed by atoms with van der Waals surface area (Å²) in [6, 6.07) is 9.89. The molecule has 1 aromatic carbocycles. The molecule has 5 aliphatic carbocycles. The van der Waals surface area contributed by atoms with Crippen LogP contribution in [-0.2, 0) is 0 Å². The average molecular weight is 475 g/mol. The van der Waals surface area contributed by atoms with E-state index in [4.69, 9.17) is 0 Å². The largest absolute Gasteiger partial charge is 0.385 e. The molecule has 0 spiro atoms. The van der Waals surface area contributed by atoms with Crippen LogP contribution in [-0.4, -0.2) is 10.7 Å². The van der Waals surface area contributed by atoms with Gasteiger partial charge in [-0.1, -0.05) is 95.9 Å². The van der Waals surface area contributed by atoms with E-state index in [0.29, 0.717) is 22.7 Å². The zero-order valence-electron chi connectivity index (χ0n) is 22.0. The average Bonchev–Trinajstić information content (AvgIpc) is 3.35. The number of benzene rings is 1. The van der Waals surface area contributed by atoms with Gasteiger partial charge in [0.1, 0.15) is 0 Å². The van der Waals surface area contributed by atoms with E-state index in [-0.39, 0.29) is 7.43 Å². The predicted octanol–water partition coefficient (Wildman–Crippen LogP) is 9.48. The molecular weight excluding hydrogens is 424 g/mol. The van der Waals surface area contributed by atoms with Crippen LogP contribution in [0.3, 0.4) is 0 Å². The molecule has 192 valence electrons. The molecule has 6 unspecified atom stereocenters. The molecule has 0 aliphatic heterocycles. The van der Waals surface area contributed by atoms with Gasteiger partial charge in [0.05, 0.1) is 5.60 Å². The second kappa shape index (κ2) is 8.90. The van der Waals surface area contributed by atoms with Crippen molar-refractivity contribution in [2.24, 2.45) is 22.7 Å². The summed E-state index contributed by atoms with van der Waals surface area (Å²) >= 11 is 0. The van der Waals surface area contributed by atoms with Gasteiger partial charge >= 0.3 is 0 Å². The second-order valence-electron chi connectivity index (χ2n) is 13.5. The van der Waals surface area contributed by atoms with Crippen molar-refractivity contribution in [3.05, 3.63) is 58.7 Å². The Kier molecular flexibility index (Phi) is 6.44. The van der Waals surface area contributed by atoms with Gasteiger partial charge in [-0.05, 0) is 96.7 Å². The Labute approximate surface area is 215 Å². The highest BCUT2D eigenvalue weighted by molar-refractivity contribution is 5.45. The molecule has 1 heteroatoms. The third kappa shape index (κ3) is 3.74. The fraction of sp³-hybridized carbons (Fsp3) is 0.706. The first-order valence-electron chi connectivity index (χ1n) is 14.5. The SMILES string of the molecule is C.C=C1CCC2=C3C(c4ccc(C5CCCC5)cc4)CC4(C)C(C)CCCC4(C)C3CCC2(O)C1. The molecule has 0 amide bonds. The number of rotatable bonds is 2. The Bertz CT molecular complexity index is 994. The first-order chi connectivity index (χ1) is 16.3. The van der Waals surface area contributed by atoms with Gasteiger partial charge in [-0.2, -0.15) is 0 Å². The highest BCUT2D eigenvalue weighted by Gasteiger charge is 2.61. The van der Waals surface area contributed by atoms with E-state index in [1.54, 1.807) is 11.1 Å². The van der Waals surface area contributed by atoms with Gasteiger partial charge in [-0.25, -0.2) is 0 Å². The smallest absolute Gasteiger partial charge is 0.0896 e. The summed E-state index contributed by atoms with van der Waals surface area (Å²) < 4.78 is 0. The van der Waals surface area contributed by atoms with Gasteiger partial charge in [0.2, 0.25) is 0 Å². The van der Waals surface area contributed by atoms with Crippen LogP contribution in [0.25, 0.3) is 0 Å². The molecule has 1 nitrogen and oxygen atoms in total. The summed E-state index contributed by atoms with van der Waals surface area (Å²) in [4.78, 5) is 0. The highest BCUT2D eigenvalue weighted by atomic mass is 16.3. The highest BCUT2D eigenvalue weighted by Crippen LogP contribution is 2.70. The van der Waals surface area contributed by atoms with E-state index in [1.165, 1.54) is 68.1 Å². The summed E-state index contributed by atoms with van der Waals surface area (Å²) in [5.41, 5.74) is 7.51. The molecule has 0 saturated heterocycles. The molecule has 0 heterocycles. The Morgan fingerprint density at radius 3 is 2.26 bits per heavy atom. The number of fused-ring (bicyclic) bond motifs is 4. The number of hydrogen-bond acceptors (Lipinski definition) is 1. The summed E-state index contributed by atoms with van der Waals surface area (Å²) in [7, 11) is 0. The first-order valence-corrected chi connectivity index (χ1v) is 14.5. The molecule has 0 radical (unpaired) electrons. The van der Waals surface area contributed by atoms with E-state index < -0.39 is 5.60 Å². The third-order valence-electron chi connectivity index (χ3n) is 12.1. The zero-order chi connectivity index (χ0) is 23.7. The lowest BCUT2D eigenvalue weighted by Gasteiger charge is -2.65. The molecule has 1 aromatic rings. The maximum absolute atomic E-state index is 11.9. The van der Waals surface area contributed by atoms with Gasteiger partial charge in [0, 0.05) is 12.3 Å². The Balaban J connectivity index is 0.00000253. The van der Waals surface area contributed by atoms with Crippen molar-refractivity contribution < 1.29 is 5.11 Å². The number of allylic oxidation sites excluding steroid dienone is 1. The van der Waals surface area contributed by atoms with E-state index in [1.807, 2.05) is 0 Å². The molecule has 4 saturated carbocycles. The van der Waals surface area contributed by atoms with Crippen molar-refractivity contribution in [2.45, 2.75) is 129 Å². The van der Waals surface area contributed by atoms with Crippen LogP contribution in [0.4, 0.5) is 0 Å². The van der Waals surface area contributed by atoms with E-state index in [2.05, 4.69) is 51.6 Å². The summed E-state index contributed by atoms with van der Waals surface area (Å²) in [6.45, 7) is 12.1. The van der Waals surface area contributed by atoms with Crippen LogP contribution >= 0.6 is 0 Å². The first kappa shape index (κ1) is 25.3. The number of hydrogen-bond donors (Lipinski definition) is 1. The van der Waals surface area contributed by atoms with Crippen molar-refractivity contribution in [3.8, 4) is 0 Å². The van der Waals surface area contributed by atoms with Crippen molar-refractivity contribution in [2.75, 3.05) is 0 Å². The van der Waals surface area contributed by atoms with Crippen LogP contribution in [0.15, 0.2) is 47.6 Å². The predicted molar refractivity (Wildman–Crippen MR) is 149 cm³/mol. The lowest BCUT2D eigenvalue weighted by atomic mass is 9.39. The maximum Gasteiger partial charge on any atom is 0.0896 e. The van der Waals surface area contributed by atoms with Gasteiger partial charge in [0.15, 0.2) is 0 Å². The maximum atomic E-state index is 11.9. The van der Waals surface area contributed by atoms with Crippen LogP contribution in [0.2, 0.25) is 0 Å². The van der Waals surface area contributed by atoms with E-state index in [0.717, 1.165) is 43.9 Å². The fourth-order valence-electron chi connectivity index (χ4n) is 9.70. The van der Waals surface area contributed by atoms with Gasteiger partial charge in [-0.15, -0.1) is 0 Å². The minimum atomic E-state index is -0.631. The minimum Gasteiger partial charge on any atom is -0.385 e. The van der Waals surface area contributed by atoms with E-state index in [9.17, 15) is 5.11 Å². The molecule has 5 aliphatic rings. The normalized spacial score (nSPS) is 41.6. The Morgan fingerprint density at radius 2 is 1.54 bits per heavy atom. The van der Waals surface area contributed by atoms with Gasteiger partial charge in [0.25, 0.3) is 0 Å². The quantitative estimate of drug-likeness (QED) is 0.423. The van der Waals surface area contributed by atoms with Crippen molar-refractivity contribution in [3.63, 3.8) is 0 Å². The molecule has 0 aromatic heterocycles. The zero-order valence-corrected chi connectivity index (χ0v) is 22.0. The monoisotopic (exact) mass is 474 g/mol. The second-order valence-corrected chi connectivity index (χ2v) is 13.5. The van der Waals surface area contributed by atoms with Crippen molar-refractivity contribution in [1.29, 1.82) is 0 Å². The molecule has 4 fully saturated rings. The fourth-order valence-corrected chi connectivity index (χ4v) is 9.70. The third-order valence-corrected chi connectivity index (χ3v) is 12.1. The standard InChI is InChI=1S/C33H46O.CH4/c1-22-11-16-29-30-27(26-14-12-25(13-15-26)24-9-5-6-10-24)21-32(4)23(2)8-7-18-31(32,3)28(30)17-19-33(29,34)20-22;/h12-15,23-24,27-28,34H,1,5-11,16-21H2,2-4H3;1H4. The molecular formula is C34H50O. The summed E-state index contributed by atoms with van der Waals surface area (Å²) in [5, 5.41) is 11.9. The van der Waals surface area contributed by atoms with Crippen LogP contribution in [0.1, 0.15) is 135 Å². The molecule has 1 N–H and O–H groups in total. The van der Waals surface area contributed by atoms with Gasteiger partial charge < -0.3 is 5.11 Å². The van der Waals surface area contributed by atoms with E-state index >= 15 is 0 Å². The Hall–Kier alpha value is -1.34. The number of aliphatic hydroxyl groups is 1. The summed E-state index contributed by atoms with van der Waals surface area (Å²) in [5.74, 6) is 2.63. The lowest BCUT2D eigenvalue weighted by Crippen LogP contribution is -2.57. The Morgan fingerprint density at radius 1 is 0.857 bits per heavy atom. The van der Waals surface area contributed by atoms with Crippen LogP contribution < -0.4 is 0 Å². The van der Waals surface area contributed by atoms with Crippen LogP contribution in [0.5, 0.6) is 0 Å². The topological polar surface area (TPSA) is 20.2 Å². The van der Waals surface area contributed by atoms with Crippen molar-refractivity contribution >= 4 is 0 Å². The molecule has 6 atom stereocenters. The molecule has 0 bridgehead atoms. The summed E-state index contributed by atoms with van der Waals surface area (Å²) in [6.07, 6.45) is 15.8. The lowest BCUT2D eigenvalue weighted by molar-refractivity contribution is -0.107.